The van der Waals surface area contributed by atoms with Gasteiger partial charge in [-0.1, -0.05) is 28.8 Å². The number of nitrogens with zero attached hydrogens (tertiary/aromatic N) is 3. The molecule has 6 heteroatoms. The maximum absolute atomic E-state index is 11.0. The maximum Gasteiger partial charge on any atom is 0.357 e. The molecule has 0 unspecified atom stereocenters. The fraction of sp³-hybridized carbons (Fsp3) is 0.250. The first-order chi connectivity index (χ1) is 8.74. The number of aromatic nitrogens is 2. The van der Waals surface area contributed by atoms with Crippen LogP contribution in [0.1, 0.15) is 26.5 Å². The number of hydrogen-bond donors (Lipinski definition) is 1. The Morgan fingerprint density at radius 2 is 2.00 bits per heavy atom. The van der Waals surface area contributed by atoms with Gasteiger partial charge in [0.1, 0.15) is 0 Å². The van der Waals surface area contributed by atoms with Crippen LogP contribution in [0, 0.1) is 0 Å². The van der Waals surface area contributed by atoms with Crippen molar-refractivity contribution < 1.29 is 9.90 Å². The van der Waals surface area contributed by atoms with Crippen molar-refractivity contribution >= 4 is 17.5 Å². The van der Waals surface area contributed by atoms with Gasteiger partial charge in [0.25, 0.3) is 0 Å². The molecule has 0 atom stereocenters. The SMILES string of the molecule is O=C(O)c1nnsc1CN1Cc2ccccc2C1. The van der Waals surface area contributed by atoms with E-state index in [0.29, 0.717) is 6.54 Å². The van der Waals surface area contributed by atoms with Gasteiger partial charge in [-0.3, -0.25) is 4.90 Å². The van der Waals surface area contributed by atoms with E-state index in [2.05, 4.69) is 26.6 Å². The van der Waals surface area contributed by atoms with E-state index < -0.39 is 5.97 Å². The molecule has 1 aromatic carbocycles. The predicted octanol–water partition coefficient (Wildman–Crippen LogP) is 1.75. The summed E-state index contributed by atoms with van der Waals surface area (Å²) in [6, 6.07) is 8.27. The van der Waals surface area contributed by atoms with Gasteiger partial charge in [0.05, 0.1) is 4.88 Å². The lowest BCUT2D eigenvalue weighted by Crippen LogP contribution is -2.16. The summed E-state index contributed by atoms with van der Waals surface area (Å²) in [5, 5.41) is 12.6. The van der Waals surface area contributed by atoms with E-state index in [0.717, 1.165) is 29.5 Å². The van der Waals surface area contributed by atoms with Gasteiger partial charge >= 0.3 is 5.97 Å². The molecular formula is C12H11N3O2S. The molecule has 1 N–H and O–H groups in total. The molecule has 0 spiro atoms. The third-order valence-electron chi connectivity index (χ3n) is 3.03. The third-order valence-corrected chi connectivity index (χ3v) is 3.74. The Bertz CT molecular complexity index is 572. The molecule has 3 rings (SSSR count). The van der Waals surface area contributed by atoms with Crippen LogP contribution in [0.3, 0.4) is 0 Å². The largest absolute Gasteiger partial charge is 0.476 e. The van der Waals surface area contributed by atoms with Crippen molar-refractivity contribution in [1.29, 1.82) is 0 Å². The highest BCUT2D eigenvalue weighted by Crippen LogP contribution is 2.25. The smallest absolute Gasteiger partial charge is 0.357 e. The van der Waals surface area contributed by atoms with Crippen molar-refractivity contribution in [3.63, 3.8) is 0 Å². The summed E-state index contributed by atoms with van der Waals surface area (Å²) in [7, 11) is 0. The molecule has 0 aliphatic carbocycles. The normalized spacial score (nSPS) is 14.7. The first kappa shape index (κ1) is 11.3. The number of aromatic carboxylic acids is 1. The molecule has 0 saturated carbocycles. The van der Waals surface area contributed by atoms with Crippen LogP contribution in [0.5, 0.6) is 0 Å². The van der Waals surface area contributed by atoms with Gasteiger partial charge in [0.15, 0.2) is 5.69 Å². The van der Waals surface area contributed by atoms with Crippen LogP contribution in [0.2, 0.25) is 0 Å². The Morgan fingerprint density at radius 1 is 1.33 bits per heavy atom. The number of carbonyl (C=O) groups is 1. The summed E-state index contributed by atoms with van der Waals surface area (Å²) in [5.41, 5.74) is 2.70. The lowest BCUT2D eigenvalue weighted by molar-refractivity contribution is 0.0688. The Hall–Kier alpha value is -1.79. The number of fused-ring (bicyclic) bond motifs is 1. The van der Waals surface area contributed by atoms with Crippen LogP contribution in [0.4, 0.5) is 0 Å². The van der Waals surface area contributed by atoms with Gasteiger partial charge in [-0.2, -0.15) is 0 Å². The minimum Gasteiger partial charge on any atom is -0.476 e. The zero-order chi connectivity index (χ0) is 12.5. The van der Waals surface area contributed by atoms with Gasteiger partial charge in [0.2, 0.25) is 0 Å². The Labute approximate surface area is 108 Å². The Kier molecular flexibility index (Phi) is 2.81. The van der Waals surface area contributed by atoms with Gasteiger partial charge in [-0.05, 0) is 22.7 Å². The summed E-state index contributed by atoms with van der Waals surface area (Å²) in [6.45, 7) is 2.30. The zero-order valence-electron chi connectivity index (χ0n) is 9.54. The van der Waals surface area contributed by atoms with E-state index >= 15 is 0 Å². The van der Waals surface area contributed by atoms with Gasteiger partial charge < -0.3 is 5.11 Å². The Balaban J connectivity index is 1.76. The van der Waals surface area contributed by atoms with E-state index in [9.17, 15) is 4.79 Å². The molecule has 18 heavy (non-hydrogen) atoms. The average Bonchev–Trinajstić information content (AvgIpc) is 2.94. The van der Waals surface area contributed by atoms with Crippen molar-refractivity contribution in [1.82, 2.24) is 14.5 Å². The predicted molar refractivity (Wildman–Crippen MR) is 66.3 cm³/mol. The second-order valence-corrected chi connectivity index (χ2v) is 5.10. The van der Waals surface area contributed by atoms with E-state index in [4.69, 9.17) is 5.11 Å². The van der Waals surface area contributed by atoms with Crippen LogP contribution in [0.15, 0.2) is 24.3 Å². The Morgan fingerprint density at radius 3 is 2.61 bits per heavy atom. The molecule has 0 radical (unpaired) electrons. The second kappa shape index (κ2) is 4.47. The van der Waals surface area contributed by atoms with Crippen molar-refractivity contribution in [2.75, 3.05) is 0 Å². The first-order valence-electron chi connectivity index (χ1n) is 5.57. The topological polar surface area (TPSA) is 66.3 Å². The fourth-order valence-electron chi connectivity index (χ4n) is 2.19. The molecule has 1 aliphatic heterocycles. The van der Waals surface area contributed by atoms with Crippen LogP contribution < -0.4 is 0 Å². The summed E-state index contributed by atoms with van der Waals surface area (Å²) in [5.74, 6) is -1.00. The molecule has 1 aliphatic rings. The van der Waals surface area contributed by atoms with Crippen molar-refractivity contribution in [3.05, 3.63) is 46.0 Å². The highest BCUT2D eigenvalue weighted by Gasteiger charge is 2.22. The third kappa shape index (κ3) is 2.00. The molecule has 5 nitrogen and oxygen atoms in total. The van der Waals surface area contributed by atoms with Gasteiger partial charge in [-0.25, -0.2) is 4.79 Å². The molecule has 0 fully saturated rings. The summed E-state index contributed by atoms with van der Waals surface area (Å²) in [4.78, 5) is 13.9. The summed E-state index contributed by atoms with van der Waals surface area (Å²) < 4.78 is 3.72. The van der Waals surface area contributed by atoms with E-state index in [-0.39, 0.29) is 5.69 Å². The quantitative estimate of drug-likeness (QED) is 0.911. The summed E-state index contributed by atoms with van der Waals surface area (Å²) in [6.07, 6.45) is 0. The molecule has 0 amide bonds. The second-order valence-electron chi connectivity index (χ2n) is 4.26. The lowest BCUT2D eigenvalue weighted by atomic mass is 10.1. The fourth-order valence-corrected chi connectivity index (χ4v) is 2.87. The number of benzene rings is 1. The van der Waals surface area contributed by atoms with Crippen LogP contribution >= 0.6 is 11.5 Å². The van der Waals surface area contributed by atoms with Crippen molar-refractivity contribution in [3.8, 4) is 0 Å². The molecule has 1 aromatic heterocycles. The molecule has 0 bridgehead atoms. The summed E-state index contributed by atoms with van der Waals surface area (Å²) >= 11 is 1.16. The van der Waals surface area contributed by atoms with Gasteiger partial charge in [0, 0.05) is 19.6 Å². The van der Waals surface area contributed by atoms with E-state index in [1.807, 2.05) is 12.1 Å². The van der Waals surface area contributed by atoms with Crippen molar-refractivity contribution in [2.24, 2.45) is 0 Å². The minimum atomic E-state index is -1.00. The minimum absolute atomic E-state index is 0.0796. The van der Waals surface area contributed by atoms with E-state index in [1.54, 1.807) is 0 Å². The van der Waals surface area contributed by atoms with Crippen LogP contribution in [0.25, 0.3) is 0 Å². The van der Waals surface area contributed by atoms with Crippen LogP contribution in [-0.4, -0.2) is 25.6 Å². The standard InChI is InChI=1S/C12H11N3O2S/c16-12(17)11-10(18-14-13-11)7-15-5-8-3-1-2-4-9(8)6-15/h1-4H,5-7H2,(H,16,17). The maximum atomic E-state index is 11.0. The average molecular weight is 261 g/mol. The number of carboxylic acids is 1. The van der Waals surface area contributed by atoms with Gasteiger partial charge in [-0.15, -0.1) is 5.10 Å². The number of rotatable bonds is 3. The van der Waals surface area contributed by atoms with Crippen LogP contribution in [-0.2, 0) is 19.6 Å². The number of hydrogen-bond acceptors (Lipinski definition) is 5. The highest BCUT2D eigenvalue weighted by molar-refractivity contribution is 7.05. The van der Waals surface area contributed by atoms with E-state index in [1.165, 1.54) is 11.1 Å². The van der Waals surface area contributed by atoms with Crippen molar-refractivity contribution in [2.45, 2.75) is 19.6 Å². The molecule has 0 saturated heterocycles. The molecule has 2 aromatic rings. The monoisotopic (exact) mass is 261 g/mol. The molecular weight excluding hydrogens is 250 g/mol. The zero-order valence-corrected chi connectivity index (χ0v) is 10.4. The highest BCUT2D eigenvalue weighted by atomic mass is 32.1. The number of carboxylic acid groups (broad SMARTS) is 1. The molecule has 92 valence electrons. The first-order valence-corrected chi connectivity index (χ1v) is 6.35. The lowest BCUT2D eigenvalue weighted by Gasteiger charge is -2.12. The molecule has 2 heterocycles.